The van der Waals surface area contributed by atoms with Gasteiger partial charge in [-0.3, -0.25) is 24.4 Å². The monoisotopic (exact) mass is 1790 g/mol. The Balaban J connectivity index is 0.000000197. The molecule has 6 heterocycles. The van der Waals surface area contributed by atoms with Crippen LogP contribution in [0.2, 0.25) is 0 Å². The summed E-state index contributed by atoms with van der Waals surface area (Å²) in [5.41, 5.74) is 20.2. The Labute approximate surface area is 762 Å². The molecule has 0 spiro atoms. The van der Waals surface area contributed by atoms with Crippen molar-refractivity contribution < 1.29 is 15.0 Å². The molecule has 11 nitrogen and oxygen atoms in total. The van der Waals surface area contributed by atoms with Crippen LogP contribution >= 0.6 is 63.9 Å². The van der Waals surface area contributed by atoms with Crippen molar-refractivity contribution in [3.8, 4) is 0 Å². The number of benzene rings is 11. The second-order valence-corrected chi connectivity index (χ2v) is 34.5. The molecule has 6 aliphatic heterocycles. The topological polar surface area (TPSA) is 133 Å². The van der Waals surface area contributed by atoms with Crippen LogP contribution in [-0.4, -0.2) is 120 Å². The number of rotatable bonds is 17. The lowest BCUT2D eigenvalue weighted by atomic mass is 9.74. The predicted molar refractivity (Wildman–Crippen MR) is 523 cm³/mol. The zero-order chi connectivity index (χ0) is 83.6. The molecule has 0 radical (unpaired) electrons. The van der Waals surface area contributed by atoms with Crippen molar-refractivity contribution in [1.82, 2.24) is 35.6 Å². The Morgan fingerprint density at radius 2 is 0.566 bits per heavy atom. The fraction of sp³-hybridized carbons (Fsp3) is 0.368. The molecule has 0 unspecified atom stereocenters. The lowest BCUT2D eigenvalue weighted by Crippen LogP contribution is -2.50. The van der Waals surface area contributed by atoms with Crippen molar-refractivity contribution in [1.29, 1.82) is 0 Å². The van der Waals surface area contributed by atoms with E-state index >= 15 is 0 Å². The first-order valence-corrected chi connectivity index (χ1v) is 45.2. The number of hydrogen-bond acceptors (Lipinski definition) is 10. The summed E-state index contributed by atoms with van der Waals surface area (Å²) in [6.45, 7) is 21.4. The molecular weight excluding hydrogens is 1650 g/mol. The number of amides is 1. The van der Waals surface area contributed by atoms with Crippen molar-refractivity contribution in [2.24, 2.45) is 5.73 Å². The molecule has 6 aliphatic rings. The summed E-state index contributed by atoms with van der Waals surface area (Å²) in [7, 11) is 0. The summed E-state index contributed by atoms with van der Waals surface area (Å²) in [4.78, 5) is 21.1. The minimum absolute atomic E-state index is 0. The summed E-state index contributed by atoms with van der Waals surface area (Å²) in [6, 6.07) is 116. The Morgan fingerprint density at radius 1 is 0.336 bits per heavy atom. The molecule has 652 valence electrons. The van der Waals surface area contributed by atoms with Gasteiger partial charge in [0.1, 0.15) is 0 Å². The maximum absolute atomic E-state index is 11.1. The summed E-state index contributed by atoms with van der Waals surface area (Å²) in [5.74, 6) is 0. The lowest BCUT2D eigenvalue weighted by molar-refractivity contribution is -0.112. The van der Waals surface area contributed by atoms with Crippen LogP contribution in [0, 0.1) is 0 Å². The van der Waals surface area contributed by atoms with Gasteiger partial charge in [-0.05, 0) is 188 Å². The van der Waals surface area contributed by atoms with Gasteiger partial charge in [0.05, 0.1) is 22.1 Å². The molecule has 6 fully saturated rings. The number of nitrogens with one attached hydrogen (secondary N) is 3. The molecule has 7 N–H and O–H groups in total. The second-order valence-electron chi connectivity index (χ2n) is 33.1. The van der Waals surface area contributed by atoms with E-state index in [1.807, 2.05) is 109 Å². The van der Waals surface area contributed by atoms with E-state index in [1.165, 1.54) is 88.8 Å². The third-order valence-electron chi connectivity index (χ3n) is 24.8. The number of likely N-dealkylation sites (tertiary alicyclic amines) is 4. The Bertz CT molecular complexity index is 4170. The first-order chi connectivity index (χ1) is 58.1. The first-order valence-electron chi connectivity index (χ1n) is 43.0. The molecule has 0 aromatic heterocycles. The average molecular weight is 1790 g/mol. The third-order valence-corrected chi connectivity index (χ3v) is 25.5. The van der Waals surface area contributed by atoms with E-state index in [4.69, 9.17) is 28.9 Å². The maximum Gasteiger partial charge on any atom is 0.207 e. The van der Waals surface area contributed by atoms with Crippen molar-refractivity contribution in [2.45, 2.75) is 163 Å². The Hall–Kier alpha value is -7.83. The second kappa shape index (κ2) is 54.1. The Morgan fingerprint density at radius 3 is 0.861 bits per heavy atom. The number of halogens is 5. The van der Waals surface area contributed by atoms with Crippen LogP contribution in [0.1, 0.15) is 160 Å². The number of nitrogens with two attached hydrogens (primary N) is 1. The molecule has 1 amide bonds. The molecule has 16 heteroatoms. The molecular formula is C106H135BrCl4N8O3. The molecule has 6 saturated heterocycles. The zero-order valence-electron chi connectivity index (χ0n) is 71.2. The zero-order valence-corrected chi connectivity index (χ0v) is 75.9. The molecule has 0 bridgehead atoms. The van der Waals surface area contributed by atoms with Crippen molar-refractivity contribution in [3.63, 3.8) is 0 Å². The highest BCUT2D eigenvalue weighted by molar-refractivity contribution is 9.08. The average Bonchev–Trinajstić information content (AvgIpc) is 0.746. The summed E-state index contributed by atoms with van der Waals surface area (Å²) in [5, 5.41) is 32.0. The number of nitrogens with zero attached hydrogens (tertiary/aromatic N) is 4. The highest BCUT2D eigenvalue weighted by Gasteiger charge is 2.38. The van der Waals surface area contributed by atoms with Gasteiger partial charge in [0.2, 0.25) is 6.41 Å². The van der Waals surface area contributed by atoms with Crippen molar-refractivity contribution in [3.05, 3.63) is 395 Å². The third kappa shape index (κ3) is 32.6. The molecule has 122 heavy (non-hydrogen) atoms. The fourth-order valence-electron chi connectivity index (χ4n) is 17.0. The minimum atomic E-state index is -0.644. The van der Waals surface area contributed by atoms with Crippen LogP contribution in [-0.2, 0) is 69.4 Å². The molecule has 17 rings (SSSR count). The summed E-state index contributed by atoms with van der Waals surface area (Å²) < 4.78 is 0. The van der Waals surface area contributed by atoms with Crippen LogP contribution in [0.4, 0.5) is 0 Å². The van der Waals surface area contributed by atoms with Gasteiger partial charge in [-0.2, -0.15) is 0 Å². The minimum Gasteiger partial charge on any atom is -0.385 e. The van der Waals surface area contributed by atoms with Gasteiger partial charge in [0.25, 0.3) is 0 Å². The number of hydrogen-bond donors (Lipinski definition) is 6. The molecule has 0 atom stereocenters. The van der Waals surface area contributed by atoms with Gasteiger partial charge in [0.15, 0.2) is 0 Å². The van der Waals surface area contributed by atoms with Crippen molar-refractivity contribution in [2.75, 3.05) is 83.9 Å². The van der Waals surface area contributed by atoms with Crippen LogP contribution in [0.5, 0.6) is 0 Å². The number of alkyl halides is 3. The predicted octanol–water partition coefficient (Wildman–Crippen LogP) is 22.5. The highest BCUT2D eigenvalue weighted by Crippen LogP contribution is 2.39. The molecule has 11 aromatic carbocycles. The van der Waals surface area contributed by atoms with E-state index in [0.29, 0.717) is 10.8 Å². The number of carbonyl (C=O) groups excluding carboxylic acids is 1. The van der Waals surface area contributed by atoms with Crippen LogP contribution in [0.25, 0.3) is 0 Å². The van der Waals surface area contributed by atoms with E-state index < -0.39 is 11.2 Å². The smallest absolute Gasteiger partial charge is 0.207 e. The van der Waals surface area contributed by atoms with Gasteiger partial charge in [-0.25, -0.2) is 0 Å². The SMILES string of the molecule is BrCc1ccccc1.C.CC1(c2ccccc2)CCN(Cc2ccccc2)CC1.CC1(c2ccccc2)CCNCC1.Cl.Cl.ClCCl.NC1(c2ccccc2)CCN(Cc2ccccc2)CC1.O=CNC1(c2ccccc2)CCN(Cc2ccccc2)CC1.OC1(c2ccccc2)CCN(Cc2ccccc2)CC1.OC1(c2ccccc2)CCNCC1. The largest absolute Gasteiger partial charge is 0.385 e. The highest BCUT2D eigenvalue weighted by atomic mass is 79.9. The van der Waals surface area contributed by atoms with E-state index in [1.54, 1.807) is 0 Å². The first kappa shape index (κ1) is 101. The summed E-state index contributed by atoms with van der Waals surface area (Å²) in [6.07, 6.45) is 13.1. The number of carbonyl (C=O) groups is 1. The standard InChI is InChI=1S/C19H22N2O.C19H23N.C18H22N2.C18H21NO.C12H17N.C11H15NO.C7H7Br.CH2Cl2.CH4.2ClH/c22-16-20-19(18-9-5-2-6-10-18)11-13-21(14-12-19)15-17-7-3-1-4-8-17;1-19(18-10-6-3-7-11-18)12-14-20(15-13-19)16-17-8-4-2-5-9-17;19-18(17-9-5-2-6-10-17)11-13-20(14-12-18)15-16-7-3-1-4-8-16;20-18(17-9-5-2-6-10-17)11-13-19(14-12-18)15-16-7-3-1-4-8-16;1-12(7-9-13-10-8-12)11-5-3-2-4-6-11;13-11(6-8-12-9-7-11)10-4-2-1-3-5-10;8-6-7-4-2-1-3-5-7;2-1-3;;;/h1-10,16H,11-15H2,(H,20,22);2-11H,12-16H2,1H3;1-10H,11-15,19H2;1-10,20H,11-15H2;2-6,13H,7-10H2,1H3;1-5,12-13H,6-9H2;1-5H,6H2;1H2;1H4;2*1H. The van der Waals surface area contributed by atoms with Gasteiger partial charge < -0.3 is 31.9 Å². The number of piperidine rings is 6. The van der Waals surface area contributed by atoms with Gasteiger partial charge in [-0.15, -0.1) is 48.0 Å². The van der Waals surface area contributed by atoms with E-state index in [-0.39, 0.29) is 48.7 Å². The molecule has 11 aromatic rings. The normalized spacial score (nSPS) is 17.8. The maximum atomic E-state index is 11.1. The van der Waals surface area contributed by atoms with Gasteiger partial charge in [-0.1, -0.05) is 371 Å². The fourth-order valence-corrected chi connectivity index (χ4v) is 17.4. The Kier molecular flexibility index (Phi) is 44.9. The van der Waals surface area contributed by atoms with E-state index in [9.17, 15) is 15.0 Å². The van der Waals surface area contributed by atoms with E-state index in [2.05, 4.69) is 290 Å². The molecule has 0 aliphatic carbocycles. The number of aliphatic hydroxyl groups is 2. The lowest BCUT2D eigenvalue weighted by Gasteiger charge is -2.42. The van der Waals surface area contributed by atoms with Crippen LogP contribution < -0.4 is 21.7 Å². The molecule has 0 saturated carbocycles. The van der Waals surface area contributed by atoms with Crippen molar-refractivity contribution >= 4 is 70.4 Å². The van der Waals surface area contributed by atoms with Gasteiger partial charge >= 0.3 is 0 Å². The quantitative estimate of drug-likeness (QED) is 0.0387. The van der Waals surface area contributed by atoms with Crippen LogP contribution in [0.15, 0.2) is 334 Å². The van der Waals surface area contributed by atoms with Gasteiger partial charge in [0, 0.05) is 76.3 Å². The van der Waals surface area contributed by atoms with Crippen LogP contribution in [0.3, 0.4) is 0 Å². The van der Waals surface area contributed by atoms with E-state index in [0.717, 1.165) is 166 Å². The summed E-state index contributed by atoms with van der Waals surface area (Å²) >= 11 is 12.9.